The molecule has 0 aromatic heterocycles. The minimum absolute atomic E-state index is 0. The number of hydrogen-bond donors (Lipinski definition) is 0. The Morgan fingerprint density at radius 3 is 1.62 bits per heavy atom. The molecule has 0 saturated carbocycles. The van der Waals surface area contributed by atoms with E-state index in [2.05, 4.69) is 48.5 Å². The van der Waals surface area contributed by atoms with Gasteiger partial charge < -0.3 is 5.32 Å². The van der Waals surface area contributed by atoms with E-state index >= 15 is 0 Å². The van der Waals surface area contributed by atoms with Gasteiger partial charge in [0.1, 0.15) is 0 Å². The number of fused-ring (bicyclic) bond motifs is 2. The molecule has 0 bridgehead atoms. The predicted molar refractivity (Wildman–Crippen MR) is 63.0 cm³/mol. The summed E-state index contributed by atoms with van der Waals surface area (Å²) in [5.41, 5.74) is 4.97. The molecule has 0 fully saturated rings. The fourth-order valence-electron chi connectivity index (χ4n) is 2.06. The van der Waals surface area contributed by atoms with Crippen molar-refractivity contribution in [3.8, 4) is 0 Å². The van der Waals surface area contributed by atoms with Crippen molar-refractivity contribution in [2.24, 2.45) is 0 Å². The van der Waals surface area contributed by atoms with Crippen molar-refractivity contribution in [2.75, 3.05) is 0 Å². The Morgan fingerprint density at radius 1 is 0.688 bits per heavy atom. The van der Waals surface area contributed by atoms with E-state index in [1.165, 1.54) is 11.1 Å². The maximum atomic E-state index is 4.70. The summed E-state index contributed by atoms with van der Waals surface area (Å²) in [4.78, 5) is 0. The van der Waals surface area contributed by atoms with Crippen molar-refractivity contribution in [3.05, 3.63) is 65.0 Å². The van der Waals surface area contributed by atoms with E-state index in [1.807, 2.05) is 0 Å². The molecule has 1 nitrogen and oxygen atoms in total. The Morgan fingerprint density at radius 2 is 1.12 bits per heavy atom. The van der Waals surface area contributed by atoms with Crippen molar-refractivity contribution in [1.82, 2.24) is 0 Å². The second-order valence-corrected chi connectivity index (χ2v) is 3.87. The zero-order valence-electron chi connectivity index (χ0n) is 9.48. The van der Waals surface area contributed by atoms with Gasteiger partial charge >= 0.3 is 29.6 Å². The summed E-state index contributed by atoms with van der Waals surface area (Å²) in [6.45, 7) is 0. The Bertz CT molecular complexity index is 448. The van der Waals surface area contributed by atoms with Crippen LogP contribution in [0.1, 0.15) is 11.1 Å². The molecular weight excluding hydrogens is 205 g/mol. The number of rotatable bonds is 0. The molecule has 1 heterocycles. The first-order valence-electron chi connectivity index (χ1n) is 5.31. The largest absolute Gasteiger partial charge is 1.00 e. The molecule has 0 spiro atoms. The fourth-order valence-corrected chi connectivity index (χ4v) is 2.06. The second kappa shape index (κ2) is 5.05. The van der Waals surface area contributed by atoms with Crippen molar-refractivity contribution in [1.29, 1.82) is 0 Å². The molecule has 0 radical (unpaired) electrons. The summed E-state index contributed by atoms with van der Waals surface area (Å²) in [5.74, 6) is 0. The third-order valence-corrected chi connectivity index (χ3v) is 2.89. The minimum atomic E-state index is 0. The summed E-state index contributed by atoms with van der Waals surface area (Å²) in [7, 11) is 0. The van der Waals surface area contributed by atoms with E-state index in [0.29, 0.717) is 0 Å². The molecule has 0 N–H and O–H groups in total. The van der Waals surface area contributed by atoms with Gasteiger partial charge in [0, 0.05) is 0 Å². The summed E-state index contributed by atoms with van der Waals surface area (Å²) in [6.07, 6.45) is 2.19. The molecule has 0 saturated heterocycles. The van der Waals surface area contributed by atoms with Gasteiger partial charge in [-0.2, -0.15) is 0 Å². The molecule has 0 unspecified atom stereocenters. The molecule has 0 aliphatic carbocycles. The monoisotopic (exact) mass is 217 g/mol. The van der Waals surface area contributed by atoms with Gasteiger partial charge in [0.25, 0.3) is 0 Å². The van der Waals surface area contributed by atoms with Crippen molar-refractivity contribution in [2.45, 2.75) is 12.8 Å². The quantitative estimate of drug-likeness (QED) is 0.587. The Balaban J connectivity index is 0.000000963. The number of benzene rings is 2. The van der Waals surface area contributed by atoms with E-state index in [-0.39, 0.29) is 29.6 Å². The average molecular weight is 217 g/mol. The molecule has 2 aromatic carbocycles. The molecule has 74 valence electrons. The minimum Gasteiger partial charge on any atom is -0.657 e. The van der Waals surface area contributed by atoms with E-state index in [1.54, 1.807) is 0 Å². The first-order chi connectivity index (χ1) is 7.43. The number of nitrogens with zero attached hydrogens (tertiary/aromatic N) is 1. The van der Waals surface area contributed by atoms with E-state index < -0.39 is 0 Å². The standard InChI is InChI=1S/C14H12N.Na/c1-3-7-13-11(5-1)9-10-12-6-2-4-8-14(12)15-13;/h1-8H,9-10H2;/q-1;+1. The topological polar surface area (TPSA) is 14.1 Å². The van der Waals surface area contributed by atoms with Gasteiger partial charge in [-0.15, -0.1) is 11.4 Å². The number of hydrogen-bond acceptors (Lipinski definition) is 0. The van der Waals surface area contributed by atoms with Crippen LogP contribution in [0, 0.1) is 0 Å². The van der Waals surface area contributed by atoms with Crippen LogP contribution in [0.5, 0.6) is 0 Å². The van der Waals surface area contributed by atoms with Crippen molar-refractivity contribution >= 4 is 11.4 Å². The maximum absolute atomic E-state index is 4.70. The zero-order chi connectivity index (χ0) is 10.1. The third kappa shape index (κ3) is 2.17. The summed E-state index contributed by atoms with van der Waals surface area (Å²) in [6, 6.07) is 16.8. The Labute approximate surface area is 118 Å². The fraction of sp³-hybridized carbons (Fsp3) is 0.143. The molecular formula is C14H12NNa. The van der Waals surface area contributed by atoms with E-state index in [9.17, 15) is 0 Å². The van der Waals surface area contributed by atoms with Crippen LogP contribution in [0.3, 0.4) is 0 Å². The van der Waals surface area contributed by atoms with Crippen LogP contribution >= 0.6 is 0 Å². The molecule has 0 amide bonds. The van der Waals surface area contributed by atoms with Crippen LogP contribution in [0.15, 0.2) is 48.5 Å². The van der Waals surface area contributed by atoms with Crippen LogP contribution < -0.4 is 29.6 Å². The SMILES string of the molecule is [Na+].c1ccc2c(c1)CCc1ccccc1[N-]2. The van der Waals surface area contributed by atoms with Crippen LogP contribution in [-0.4, -0.2) is 0 Å². The van der Waals surface area contributed by atoms with Gasteiger partial charge in [0.05, 0.1) is 0 Å². The van der Waals surface area contributed by atoms with Gasteiger partial charge in [0.2, 0.25) is 0 Å². The maximum Gasteiger partial charge on any atom is 1.00 e. The molecule has 2 heteroatoms. The average Bonchev–Trinajstić information content (AvgIpc) is 2.48. The normalized spacial score (nSPS) is 12.5. The molecule has 1 aliphatic heterocycles. The molecule has 16 heavy (non-hydrogen) atoms. The first kappa shape index (κ1) is 11.7. The Hall–Kier alpha value is -0.760. The predicted octanol–water partition coefficient (Wildman–Crippen LogP) is 1.13. The smallest absolute Gasteiger partial charge is 0.657 e. The molecule has 1 aliphatic rings. The molecule has 0 atom stereocenters. The van der Waals surface area contributed by atoms with Gasteiger partial charge in [0.15, 0.2) is 0 Å². The van der Waals surface area contributed by atoms with Crippen molar-refractivity contribution < 1.29 is 29.6 Å². The van der Waals surface area contributed by atoms with Crippen LogP contribution in [0.2, 0.25) is 0 Å². The Kier molecular flexibility index (Phi) is 3.70. The number of para-hydroxylation sites is 2. The van der Waals surface area contributed by atoms with Crippen LogP contribution in [0.4, 0.5) is 11.4 Å². The van der Waals surface area contributed by atoms with Gasteiger partial charge in [-0.3, -0.25) is 0 Å². The zero-order valence-corrected chi connectivity index (χ0v) is 11.5. The van der Waals surface area contributed by atoms with Crippen molar-refractivity contribution in [3.63, 3.8) is 0 Å². The molecule has 2 aromatic rings. The summed E-state index contributed by atoms with van der Waals surface area (Å²) >= 11 is 0. The third-order valence-electron chi connectivity index (χ3n) is 2.89. The van der Waals surface area contributed by atoms with Gasteiger partial charge in [-0.05, 0) is 12.8 Å². The summed E-state index contributed by atoms with van der Waals surface area (Å²) < 4.78 is 0. The van der Waals surface area contributed by atoms with Crippen LogP contribution in [0.25, 0.3) is 5.32 Å². The van der Waals surface area contributed by atoms with E-state index in [0.717, 1.165) is 24.2 Å². The van der Waals surface area contributed by atoms with Gasteiger partial charge in [-0.1, -0.05) is 59.7 Å². The second-order valence-electron chi connectivity index (χ2n) is 3.87. The first-order valence-corrected chi connectivity index (χ1v) is 5.31. The molecule has 3 rings (SSSR count). The summed E-state index contributed by atoms with van der Waals surface area (Å²) in [5, 5.41) is 4.70. The van der Waals surface area contributed by atoms with Gasteiger partial charge in [-0.25, -0.2) is 0 Å². The van der Waals surface area contributed by atoms with E-state index in [4.69, 9.17) is 5.32 Å². The van der Waals surface area contributed by atoms with Crippen LogP contribution in [-0.2, 0) is 12.8 Å². The number of aryl methyl sites for hydroxylation is 2.